The highest BCUT2D eigenvalue weighted by molar-refractivity contribution is 6.37. The molecule has 2 aromatic rings. The lowest BCUT2D eigenvalue weighted by atomic mass is 10.2. The maximum absolute atomic E-state index is 12.7. The van der Waals surface area contributed by atoms with Gasteiger partial charge in [-0.3, -0.25) is 14.6 Å². The summed E-state index contributed by atoms with van der Waals surface area (Å²) in [5.41, 5.74) is -2.22. The normalized spacial score (nSPS) is 11.6. The zero-order valence-electron chi connectivity index (χ0n) is 11.5. The summed E-state index contributed by atoms with van der Waals surface area (Å²) in [6.07, 6.45) is -3.56. The Morgan fingerprint density at radius 3 is 2.35 bits per heavy atom. The molecule has 1 heterocycles. The molecule has 1 aromatic carbocycles. The van der Waals surface area contributed by atoms with Gasteiger partial charge in [-0.1, -0.05) is 23.2 Å². The molecule has 0 fully saturated rings. The van der Waals surface area contributed by atoms with Gasteiger partial charge in [-0.05, 0) is 19.1 Å². The zero-order valence-corrected chi connectivity index (χ0v) is 13.0. The van der Waals surface area contributed by atoms with Gasteiger partial charge in [-0.15, -0.1) is 0 Å². The van der Waals surface area contributed by atoms with E-state index >= 15 is 0 Å². The van der Waals surface area contributed by atoms with Gasteiger partial charge in [0.1, 0.15) is 5.56 Å². The molecule has 0 saturated heterocycles. The van der Waals surface area contributed by atoms with Gasteiger partial charge < -0.3 is 4.74 Å². The number of halogens is 5. The summed E-state index contributed by atoms with van der Waals surface area (Å²) in [5.74, 6) is -0.869. The van der Waals surface area contributed by atoms with Crippen molar-refractivity contribution in [1.29, 1.82) is 0 Å². The summed E-state index contributed by atoms with van der Waals surface area (Å²) in [5, 5.41) is 1.57. The Hall–Kier alpha value is -1.93. The third-order valence-electron chi connectivity index (χ3n) is 2.81. The first-order valence-corrected chi connectivity index (χ1v) is 6.96. The van der Waals surface area contributed by atoms with Gasteiger partial charge >= 0.3 is 12.1 Å². The number of ether oxygens (including phenoxy) is 1. The summed E-state index contributed by atoms with van der Waals surface area (Å²) in [4.78, 5) is 23.3. The first-order chi connectivity index (χ1) is 10.6. The number of benzene rings is 1. The van der Waals surface area contributed by atoms with E-state index in [-0.39, 0.29) is 27.9 Å². The Kier molecular flexibility index (Phi) is 4.76. The largest absolute Gasteiger partial charge is 0.462 e. The lowest BCUT2D eigenvalue weighted by Gasteiger charge is -2.12. The van der Waals surface area contributed by atoms with Crippen molar-refractivity contribution in [1.82, 2.24) is 9.78 Å². The second kappa shape index (κ2) is 6.29. The van der Waals surface area contributed by atoms with Gasteiger partial charge in [-0.25, -0.2) is 4.79 Å². The van der Waals surface area contributed by atoms with Crippen LogP contribution in [0.4, 0.5) is 13.2 Å². The Balaban J connectivity index is 2.54. The van der Waals surface area contributed by atoms with Gasteiger partial charge in [0.15, 0.2) is 0 Å². The van der Waals surface area contributed by atoms with Gasteiger partial charge in [-0.2, -0.15) is 13.2 Å². The van der Waals surface area contributed by atoms with Gasteiger partial charge in [0, 0.05) is 6.20 Å². The van der Waals surface area contributed by atoms with Crippen LogP contribution in [0.5, 0.6) is 0 Å². The number of aromatic nitrogens is 2. The standard InChI is InChI=1S/C13H9Cl2F3N2O3/c1-2-23-12(22)7-5-20(19-11(7)21)10-8(14)3-6(4-9(10)15)13(16,17)18/h3-5H,2H2,1H3,(H,19,21). The molecule has 23 heavy (non-hydrogen) atoms. The molecule has 0 spiro atoms. The van der Waals surface area contributed by atoms with Crippen LogP contribution in [0.25, 0.3) is 5.69 Å². The number of carbonyl (C=O) groups is 1. The number of alkyl halides is 3. The second-order valence-electron chi connectivity index (χ2n) is 4.36. The van der Waals surface area contributed by atoms with E-state index in [0.717, 1.165) is 10.9 Å². The van der Waals surface area contributed by atoms with Crippen LogP contribution in [0, 0.1) is 0 Å². The number of esters is 1. The molecular formula is C13H9Cl2F3N2O3. The summed E-state index contributed by atoms with van der Waals surface area (Å²) in [7, 11) is 0. The average molecular weight is 369 g/mol. The SMILES string of the molecule is CCOC(=O)c1cn(-c2c(Cl)cc(C(F)(F)F)cc2Cl)[nH]c1=O. The molecule has 1 N–H and O–H groups in total. The zero-order chi connectivity index (χ0) is 17.4. The van der Waals surface area contributed by atoms with E-state index in [1.165, 1.54) is 0 Å². The van der Waals surface area contributed by atoms with Crippen molar-refractivity contribution in [2.24, 2.45) is 0 Å². The minimum atomic E-state index is -4.62. The van der Waals surface area contributed by atoms with Crippen molar-refractivity contribution in [3.8, 4) is 5.69 Å². The fraction of sp³-hybridized carbons (Fsp3) is 0.231. The third kappa shape index (κ3) is 3.53. The predicted molar refractivity (Wildman–Crippen MR) is 77.4 cm³/mol. The molecule has 0 atom stereocenters. The van der Waals surface area contributed by atoms with Crippen molar-refractivity contribution in [3.63, 3.8) is 0 Å². The molecule has 0 aliphatic carbocycles. The first kappa shape index (κ1) is 17.4. The van der Waals surface area contributed by atoms with Crippen molar-refractivity contribution in [2.45, 2.75) is 13.1 Å². The van der Waals surface area contributed by atoms with Gasteiger partial charge in [0.2, 0.25) is 0 Å². The molecule has 2 rings (SSSR count). The van der Waals surface area contributed by atoms with Crippen molar-refractivity contribution in [2.75, 3.05) is 6.61 Å². The maximum atomic E-state index is 12.7. The molecule has 0 unspecified atom stereocenters. The molecule has 5 nitrogen and oxygen atoms in total. The highest BCUT2D eigenvalue weighted by Crippen LogP contribution is 2.37. The molecule has 0 amide bonds. The maximum Gasteiger partial charge on any atom is 0.416 e. The van der Waals surface area contributed by atoms with Crippen LogP contribution in [-0.4, -0.2) is 22.4 Å². The molecule has 0 aliphatic heterocycles. The minimum Gasteiger partial charge on any atom is -0.462 e. The average Bonchev–Trinajstić information content (AvgIpc) is 2.79. The fourth-order valence-corrected chi connectivity index (χ4v) is 2.49. The smallest absolute Gasteiger partial charge is 0.416 e. The molecule has 0 aliphatic rings. The number of rotatable bonds is 3. The van der Waals surface area contributed by atoms with Crippen LogP contribution in [0.3, 0.4) is 0 Å². The van der Waals surface area contributed by atoms with E-state index in [0.29, 0.717) is 12.1 Å². The fourth-order valence-electron chi connectivity index (χ4n) is 1.82. The molecule has 1 aromatic heterocycles. The topological polar surface area (TPSA) is 64.1 Å². The van der Waals surface area contributed by atoms with E-state index in [4.69, 9.17) is 27.9 Å². The highest BCUT2D eigenvalue weighted by Gasteiger charge is 2.32. The monoisotopic (exact) mass is 368 g/mol. The molecule has 10 heteroatoms. The van der Waals surface area contributed by atoms with Crippen LogP contribution < -0.4 is 5.56 Å². The molecule has 0 bridgehead atoms. The van der Waals surface area contributed by atoms with E-state index in [9.17, 15) is 22.8 Å². The van der Waals surface area contributed by atoms with E-state index in [1.807, 2.05) is 0 Å². The van der Waals surface area contributed by atoms with Crippen LogP contribution >= 0.6 is 23.2 Å². The number of H-pyrrole nitrogens is 1. The Labute approximate surface area is 137 Å². The molecule has 124 valence electrons. The van der Waals surface area contributed by atoms with Gasteiger partial charge in [0.05, 0.1) is 27.9 Å². The summed E-state index contributed by atoms with van der Waals surface area (Å²) in [6, 6.07) is 1.34. The quantitative estimate of drug-likeness (QED) is 0.840. The minimum absolute atomic E-state index is 0.0608. The summed E-state index contributed by atoms with van der Waals surface area (Å²) in [6.45, 7) is 1.62. The Bertz CT molecular complexity index is 789. The summed E-state index contributed by atoms with van der Waals surface area (Å²) >= 11 is 11.7. The van der Waals surface area contributed by atoms with Crippen LogP contribution in [0.1, 0.15) is 22.8 Å². The lowest BCUT2D eigenvalue weighted by molar-refractivity contribution is -0.137. The second-order valence-corrected chi connectivity index (χ2v) is 5.17. The van der Waals surface area contributed by atoms with Crippen molar-refractivity contribution in [3.05, 3.63) is 49.9 Å². The summed E-state index contributed by atoms with van der Waals surface area (Å²) < 4.78 is 43.8. The number of hydrogen-bond acceptors (Lipinski definition) is 3. The lowest BCUT2D eigenvalue weighted by Crippen LogP contribution is -2.15. The number of hydrogen-bond donors (Lipinski definition) is 1. The van der Waals surface area contributed by atoms with Gasteiger partial charge in [0.25, 0.3) is 5.56 Å². The Morgan fingerprint density at radius 1 is 1.30 bits per heavy atom. The third-order valence-corrected chi connectivity index (χ3v) is 3.38. The van der Waals surface area contributed by atoms with Crippen molar-refractivity contribution < 1.29 is 22.7 Å². The van der Waals surface area contributed by atoms with Crippen molar-refractivity contribution >= 4 is 29.2 Å². The molecular weight excluding hydrogens is 360 g/mol. The molecule has 0 radical (unpaired) electrons. The Morgan fingerprint density at radius 2 is 1.87 bits per heavy atom. The predicted octanol–water partition coefficient (Wildman–Crippen LogP) is 3.67. The number of nitrogens with one attached hydrogen (secondary N) is 1. The first-order valence-electron chi connectivity index (χ1n) is 6.20. The van der Waals surface area contributed by atoms with Crippen LogP contribution in [-0.2, 0) is 10.9 Å². The van der Waals surface area contributed by atoms with Crippen LogP contribution in [0.2, 0.25) is 10.0 Å². The number of aromatic amines is 1. The van der Waals surface area contributed by atoms with Crippen LogP contribution in [0.15, 0.2) is 23.1 Å². The van der Waals surface area contributed by atoms with E-state index in [1.54, 1.807) is 6.92 Å². The molecule has 0 saturated carbocycles. The van der Waals surface area contributed by atoms with E-state index in [2.05, 4.69) is 5.10 Å². The van der Waals surface area contributed by atoms with E-state index < -0.39 is 23.3 Å². The number of nitrogens with zero attached hydrogens (tertiary/aromatic N) is 1. The highest BCUT2D eigenvalue weighted by atomic mass is 35.5. The number of carbonyl (C=O) groups excluding carboxylic acids is 1.